The van der Waals surface area contributed by atoms with Crippen LogP contribution in [0.15, 0.2) is 30.4 Å². The maximum atomic E-state index is 6.10. The fraction of sp³-hybridized carbons (Fsp3) is 0.385. The third kappa shape index (κ3) is 3.95. The van der Waals surface area contributed by atoms with Gasteiger partial charge in [-0.1, -0.05) is 17.7 Å². The predicted molar refractivity (Wildman–Crippen MR) is 73.2 cm³/mol. The molecule has 17 heavy (non-hydrogen) atoms. The number of hydrogen-bond donors (Lipinski definition) is 1. The molecule has 1 aromatic rings. The van der Waals surface area contributed by atoms with Crippen LogP contribution in [0.4, 0.5) is 0 Å². The van der Waals surface area contributed by atoms with Gasteiger partial charge < -0.3 is 15.2 Å². The van der Waals surface area contributed by atoms with Crippen molar-refractivity contribution in [1.82, 2.24) is 0 Å². The smallest absolute Gasteiger partial charge is 0.165 e. The molecule has 0 radical (unpaired) electrons. The van der Waals surface area contributed by atoms with Crippen molar-refractivity contribution in [3.8, 4) is 11.5 Å². The van der Waals surface area contributed by atoms with Gasteiger partial charge in [-0.3, -0.25) is 0 Å². The van der Waals surface area contributed by atoms with Crippen LogP contribution in [0.3, 0.4) is 0 Å². The molecule has 3 nitrogen and oxygen atoms in total. The van der Waals surface area contributed by atoms with Gasteiger partial charge in [0.05, 0.1) is 14.2 Å². The first-order valence-corrected chi connectivity index (χ1v) is 5.21. The summed E-state index contributed by atoms with van der Waals surface area (Å²) in [6.45, 7) is 5.83. The highest BCUT2D eigenvalue weighted by atomic mass is 35.5. The zero-order chi connectivity index (χ0) is 12.1. The van der Waals surface area contributed by atoms with E-state index in [4.69, 9.17) is 15.2 Å². The van der Waals surface area contributed by atoms with Gasteiger partial charge in [0.25, 0.3) is 0 Å². The van der Waals surface area contributed by atoms with E-state index in [2.05, 4.69) is 6.58 Å². The van der Waals surface area contributed by atoms with Crippen molar-refractivity contribution in [3.05, 3.63) is 35.9 Å². The number of nitrogens with two attached hydrogens (primary N) is 1. The number of methoxy groups -OCH3 is 2. The zero-order valence-corrected chi connectivity index (χ0v) is 11.3. The Bertz CT molecular complexity index is 380. The van der Waals surface area contributed by atoms with E-state index < -0.39 is 0 Å². The number of rotatable bonds is 5. The van der Waals surface area contributed by atoms with Crippen molar-refractivity contribution in [2.75, 3.05) is 14.2 Å². The van der Waals surface area contributed by atoms with Crippen LogP contribution in [-0.2, 0) is 0 Å². The average Bonchev–Trinajstić information content (AvgIpc) is 2.26. The van der Waals surface area contributed by atoms with Crippen LogP contribution >= 0.6 is 12.4 Å². The maximum Gasteiger partial charge on any atom is 0.165 e. The van der Waals surface area contributed by atoms with Gasteiger partial charge in [-0.2, -0.15) is 0 Å². The van der Waals surface area contributed by atoms with Gasteiger partial charge in [0, 0.05) is 11.6 Å². The molecule has 0 saturated carbocycles. The first-order chi connectivity index (χ1) is 7.60. The number of benzene rings is 1. The van der Waals surface area contributed by atoms with Crippen molar-refractivity contribution in [2.24, 2.45) is 5.73 Å². The third-order valence-electron chi connectivity index (χ3n) is 2.40. The van der Waals surface area contributed by atoms with Gasteiger partial charge in [0.2, 0.25) is 0 Å². The molecule has 0 fully saturated rings. The molecule has 2 N–H and O–H groups in total. The van der Waals surface area contributed by atoms with Crippen LogP contribution in [0.25, 0.3) is 0 Å². The van der Waals surface area contributed by atoms with Crippen LogP contribution in [0, 0.1) is 0 Å². The lowest BCUT2D eigenvalue weighted by atomic mass is 10.00. The molecule has 0 saturated heterocycles. The largest absolute Gasteiger partial charge is 0.493 e. The number of para-hydroxylation sites is 1. The van der Waals surface area contributed by atoms with E-state index in [0.29, 0.717) is 11.5 Å². The summed E-state index contributed by atoms with van der Waals surface area (Å²) in [5.74, 6) is 1.41. The predicted octanol–water partition coefficient (Wildman–Crippen LogP) is 3.09. The summed E-state index contributed by atoms with van der Waals surface area (Å²) in [6.07, 6.45) is 0.740. The highest BCUT2D eigenvalue weighted by molar-refractivity contribution is 5.85. The molecule has 0 aromatic heterocycles. The average molecular weight is 258 g/mol. The minimum absolute atomic E-state index is 0. The molecule has 0 bridgehead atoms. The van der Waals surface area contributed by atoms with Crippen LogP contribution in [0.1, 0.15) is 24.9 Å². The molecule has 0 aliphatic heterocycles. The van der Waals surface area contributed by atoms with Gasteiger partial charge in [0.1, 0.15) is 0 Å². The molecule has 0 aliphatic carbocycles. The van der Waals surface area contributed by atoms with Crippen molar-refractivity contribution < 1.29 is 9.47 Å². The molecule has 1 atom stereocenters. The van der Waals surface area contributed by atoms with Gasteiger partial charge >= 0.3 is 0 Å². The Morgan fingerprint density at radius 1 is 1.35 bits per heavy atom. The summed E-state index contributed by atoms with van der Waals surface area (Å²) in [5, 5.41) is 0. The topological polar surface area (TPSA) is 44.5 Å². The van der Waals surface area contributed by atoms with E-state index in [0.717, 1.165) is 17.6 Å². The minimum atomic E-state index is -0.109. The fourth-order valence-corrected chi connectivity index (χ4v) is 1.69. The van der Waals surface area contributed by atoms with Gasteiger partial charge in [-0.05, 0) is 19.4 Å². The van der Waals surface area contributed by atoms with E-state index >= 15 is 0 Å². The van der Waals surface area contributed by atoms with E-state index in [9.17, 15) is 0 Å². The fourth-order valence-electron chi connectivity index (χ4n) is 1.69. The Labute approximate surface area is 109 Å². The summed E-state index contributed by atoms with van der Waals surface area (Å²) in [7, 11) is 3.24. The van der Waals surface area contributed by atoms with Crippen LogP contribution in [0.2, 0.25) is 0 Å². The summed E-state index contributed by atoms with van der Waals surface area (Å²) in [5.41, 5.74) is 8.10. The SMILES string of the molecule is C=C(C)C[C@@H](N)c1cccc(OC)c1OC.Cl. The molecule has 96 valence electrons. The standard InChI is InChI=1S/C13H19NO2.ClH/c1-9(2)8-11(14)10-6-5-7-12(15-3)13(10)16-4;/h5-7,11H,1,8,14H2,2-4H3;1H/t11-;/m1./s1. The van der Waals surface area contributed by atoms with Crippen molar-refractivity contribution >= 4 is 12.4 Å². The van der Waals surface area contributed by atoms with Gasteiger partial charge in [0.15, 0.2) is 11.5 Å². The molecular weight excluding hydrogens is 238 g/mol. The van der Waals surface area contributed by atoms with E-state index in [1.165, 1.54) is 0 Å². The lowest BCUT2D eigenvalue weighted by Gasteiger charge is -2.17. The van der Waals surface area contributed by atoms with Crippen LogP contribution < -0.4 is 15.2 Å². The highest BCUT2D eigenvalue weighted by Gasteiger charge is 2.15. The van der Waals surface area contributed by atoms with E-state index in [1.54, 1.807) is 14.2 Å². The van der Waals surface area contributed by atoms with Crippen molar-refractivity contribution in [1.29, 1.82) is 0 Å². The molecule has 0 heterocycles. The minimum Gasteiger partial charge on any atom is -0.493 e. The molecule has 1 rings (SSSR count). The molecule has 1 aromatic carbocycles. The Hall–Kier alpha value is -1.19. The van der Waals surface area contributed by atoms with E-state index in [-0.39, 0.29) is 18.4 Å². The summed E-state index contributed by atoms with van der Waals surface area (Å²) in [6, 6.07) is 5.61. The number of hydrogen-bond acceptors (Lipinski definition) is 3. The van der Waals surface area contributed by atoms with Crippen LogP contribution in [0.5, 0.6) is 11.5 Å². The Balaban J connectivity index is 0.00000256. The molecule has 4 heteroatoms. The molecular formula is C13H20ClNO2. The first kappa shape index (κ1) is 15.8. The molecule has 0 unspecified atom stereocenters. The van der Waals surface area contributed by atoms with Crippen molar-refractivity contribution in [2.45, 2.75) is 19.4 Å². The molecule has 0 aliphatic rings. The van der Waals surface area contributed by atoms with Crippen LogP contribution in [-0.4, -0.2) is 14.2 Å². The monoisotopic (exact) mass is 257 g/mol. The third-order valence-corrected chi connectivity index (χ3v) is 2.40. The van der Waals surface area contributed by atoms with E-state index in [1.807, 2.05) is 25.1 Å². The van der Waals surface area contributed by atoms with Gasteiger partial charge in [-0.15, -0.1) is 19.0 Å². The lowest BCUT2D eigenvalue weighted by molar-refractivity contribution is 0.349. The zero-order valence-electron chi connectivity index (χ0n) is 10.5. The maximum absolute atomic E-state index is 6.10. The number of halogens is 1. The Morgan fingerprint density at radius 2 is 2.00 bits per heavy atom. The summed E-state index contributed by atoms with van der Waals surface area (Å²) in [4.78, 5) is 0. The second kappa shape index (κ2) is 7.20. The summed E-state index contributed by atoms with van der Waals surface area (Å²) < 4.78 is 10.6. The van der Waals surface area contributed by atoms with Gasteiger partial charge in [-0.25, -0.2) is 0 Å². The molecule has 0 amide bonds. The molecule has 0 spiro atoms. The lowest BCUT2D eigenvalue weighted by Crippen LogP contribution is -2.12. The Morgan fingerprint density at radius 3 is 2.47 bits per heavy atom. The first-order valence-electron chi connectivity index (χ1n) is 5.21. The highest BCUT2D eigenvalue weighted by Crippen LogP contribution is 2.35. The normalized spacial score (nSPS) is 11.3. The quantitative estimate of drug-likeness (QED) is 0.825. The summed E-state index contributed by atoms with van der Waals surface area (Å²) >= 11 is 0. The second-order valence-corrected chi connectivity index (χ2v) is 3.85. The number of ether oxygens (including phenoxy) is 2. The van der Waals surface area contributed by atoms with Crippen molar-refractivity contribution in [3.63, 3.8) is 0 Å². The Kier molecular flexibility index (Phi) is 6.69. The second-order valence-electron chi connectivity index (χ2n) is 3.85.